The van der Waals surface area contributed by atoms with E-state index in [4.69, 9.17) is 4.74 Å². The van der Waals surface area contributed by atoms with Crippen molar-refractivity contribution in [2.24, 2.45) is 0 Å². The minimum Gasteiger partial charge on any atom is -0.487 e. The molecule has 3 aliphatic rings. The minimum absolute atomic E-state index is 0.0578. The number of aliphatic hydroxyl groups excluding tert-OH is 1. The number of anilines is 1. The summed E-state index contributed by atoms with van der Waals surface area (Å²) >= 11 is 0. The number of urea groups is 1. The Morgan fingerprint density at radius 1 is 1.11 bits per heavy atom. The number of carbonyl (C=O) groups is 1. The molecule has 2 amide bonds. The maximum atomic E-state index is 12.8. The van der Waals surface area contributed by atoms with Gasteiger partial charge in [0.2, 0.25) is 0 Å². The Hall–Kier alpha value is -2.53. The van der Waals surface area contributed by atoms with Gasteiger partial charge in [-0.15, -0.1) is 0 Å². The van der Waals surface area contributed by atoms with E-state index in [0.717, 1.165) is 47.4 Å². The van der Waals surface area contributed by atoms with Crippen molar-refractivity contribution >= 4 is 11.7 Å². The monoisotopic (exact) mass is 364 g/mol. The molecule has 5 rings (SSSR count). The van der Waals surface area contributed by atoms with Crippen LogP contribution < -0.4 is 15.4 Å². The summed E-state index contributed by atoms with van der Waals surface area (Å²) in [6.45, 7) is 0. The fraction of sp³-hybridized carbons (Fsp3) is 0.409. The Kier molecular flexibility index (Phi) is 3.86. The average Bonchev–Trinajstić information content (AvgIpc) is 3.01. The van der Waals surface area contributed by atoms with Gasteiger partial charge in [-0.2, -0.15) is 0 Å². The Morgan fingerprint density at radius 3 is 2.78 bits per heavy atom. The van der Waals surface area contributed by atoms with Gasteiger partial charge >= 0.3 is 6.03 Å². The lowest BCUT2D eigenvalue weighted by atomic mass is 9.73. The van der Waals surface area contributed by atoms with Crippen LogP contribution in [0.4, 0.5) is 10.5 Å². The van der Waals surface area contributed by atoms with Gasteiger partial charge in [0.15, 0.2) is 0 Å². The van der Waals surface area contributed by atoms with Crippen LogP contribution in [0.25, 0.3) is 0 Å². The number of carbonyl (C=O) groups excluding carboxylic acids is 1. The molecule has 5 nitrogen and oxygen atoms in total. The summed E-state index contributed by atoms with van der Waals surface area (Å²) in [7, 11) is 0. The van der Waals surface area contributed by atoms with Crippen LogP contribution in [0.2, 0.25) is 0 Å². The van der Waals surface area contributed by atoms with Crippen molar-refractivity contribution in [3.05, 3.63) is 59.2 Å². The van der Waals surface area contributed by atoms with E-state index in [2.05, 4.69) is 10.6 Å². The summed E-state index contributed by atoms with van der Waals surface area (Å²) in [5.41, 5.74) is 3.87. The number of para-hydroxylation sites is 1. The van der Waals surface area contributed by atoms with E-state index in [0.29, 0.717) is 12.8 Å². The van der Waals surface area contributed by atoms with Crippen LogP contribution >= 0.6 is 0 Å². The molecule has 1 saturated carbocycles. The van der Waals surface area contributed by atoms with Crippen LogP contribution in [0.5, 0.6) is 5.75 Å². The predicted octanol–water partition coefficient (Wildman–Crippen LogP) is 3.71. The smallest absolute Gasteiger partial charge is 0.319 e. The standard InChI is InChI=1S/C22H24N2O3/c25-15-11-14-5-3-7-18(17(14)12-15)23-21(26)24-19-13-22(9-4-10-22)27-20-8-2-1-6-16(19)20/h1-3,5-8,15,19,25H,4,9-13H2,(H2,23,24,26)/t15-,19-/m1/s1. The van der Waals surface area contributed by atoms with E-state index in [1.807, 2.05) is 42.5 Å². The highest BCUT2D eigenvalue weighted by atomic mass is 16.5. The molecule has 0 aromatic heterocycles. The van der Waals surface area contributed by atoms with Gasteiger partial charge in [0.1, 0.15) is 11.4 Å². The van der Waals surface area contributed by atoms with Crippen molar-refractivity contribution in [1.29, 1.82) is 0 Å². The Balaban J connectivity index is 1.35. The number of hydrogen-bond donors (Lipinski definition) is 3. The van der Waals surface area contributed by atoms with Crippen molar-refractivity contribution < 1.29 is 14.6 Å². The molecule has 140 valence electrons. The molecule has 2 aromatic rings. The van der Waals surface area contributed by atoms with E-state index >= 15 is 0 Å². The minimum atomic E-state index is -0.355. The summed E-state index contributed by atoms with van der Waals surface area (Å²) in [6.07, 6.45) is 4.97. The highest BCUT2D eigenvalue weighted by Crippen LogP contribution is 2.48. The lowest BCUT2D eigenvalue weighted by Crippen LogP contribution is -2.50. The van der Waals surface area contributed by atoms with Gasteiger partial charge in [0, 0.05) is 24.1 Å². The summed E-state index contributed by atoms with van der Waals surface area (Å²) in [6, 6.07) is 13.6. The van der Waals surface area contributed by atoms with E-state index in [-0.39, 0.29) is 23.8 Å². The molecule has 2 aliphatic carbocycles. The third-order valence-corrected chi connectivity index (χ3v) is 6.18. The van der Waals surface area contributed by atoms with E-state index < -0.39 is 0 Å². The molecular weight excluding hydrogens is 340 g/mol. The highest BCUT2D eigenvalue weighted by molar-refractivity contribution is 5.90. The lowest BCUT2D eigenvalue weighted by molar-refractivity contribution is -0.0354. The van der Waals surface area contributed by atoms with Gasteiger partial charge in [-0.05, 0) is 48.9 Å². The maximum Gasteiger partial charge on any atom is 0.319 e. The molecule has 1 spiro atoms. The molecule has 1 aliphatic heterocycles. The molecule has 0 saturated heterocycles. The second-order valence-corrected chi connectivity index (χ2v) is 8.04. The molecule has 5 heteroatoms. The molecular formula is C22H24N2O3. The molecule has 1 fully saturated rings. The summed E-state index contributed by atoms with van der Waals surface area (Å²) in [5.74, 6) is 0.887. The number of nitrogens with one attached hydrogen (secondary N) is 2. The molecule has 0 unspecified atom stereocenters. The van der Waals surface area contributed by atoms with Crippen LogP contribution in [0.1, 0.15) is 48.4 Å². The number of ether oxygens (including phenoxy) is 1. The molecule has 2 atom stereocenters. The average molecular weight is 364 g/mol. The Labute approximate surface area is 158 Å². The van der Waals surface area contributed by atoms with Gasteiger partial charge in [0.25, 0.3) is 0 Å². The Bertz CT molecular complexity index is 891. The molecule has 0 radical (unpaired) electrons. The fourth-order valence-electron chi connectivity index (χ4n) is 4.69. The van der Waals surface area contributed by atoms with Crippen molar-refractivity contribution in [3.63, 3.8) is 0 Å². The van der Waals surface area contributed by atoms with Crippen molar-refractivity contribution in [3.8, 4) is 5.75 Å². The van der Waals surface area contributed by atoms with E-state index in [1.54, 1.807) is 0 Å². The quantitative estimate of drug-likeness (QED) is 0.761. The van der Waals surface area contributed by atoms with Crippen LogP contribution in [-0.4, -0.2) is 22.8 Å². The van der Waals surface area contributed by atoms with Crippen LogP contribution in [0, 0.1) is 0 Å². The molecule has 0 bridgehead atoms. The zero-order valence-electron chi connectivity index (χ0n) is 15.2. The molecule has 3 N–H and O–H groups in total. The number of rotatable bonds is 2. The number of hydrogen-bond acceptors (Lipinski definition) is 3. The Morgan fingerprint density at radius 2 is 1.96 bits per heavy atom. The zero-order chi connectivity index (χ0) is 18.4. The summed E-state index contributed by atoms with van der Waals surface area (Å²) < 4.78 is 6.26. The maximum absolute atomic E-state index is 12.8. The second kappa shape index (κ2) is 6.27. The van der Waals surface area contributed by atoms with Gasteiger partial charge in [0.05, 0.1) is 12.1 Å². The van der Waals surface area contributed by atoms with Crippen molar-refractivity contribution in [1.82, 2.24) is 5.32 Å². The van der Waals surface area contributed by atoms with Gasteiger partial charge in [-0.1, -0.05) is 30.3 Å². The number of benzene rings is 2. The predicted molar refractivity (Wildman–Crippen MR) is 103 cm³/mol. The zero-order valence-corrected chi connectivity index (χ0v) is 15.2. The molecule has 1 heterocycles. The first kappa shape index (κ1) is 16.6. The van der Waals surface area contributed by atoms with E-state index in [1.165, 1.54) is 6.42 Å². The van der Waals surface area contributed by atoms with Crippen LogP contribution in [0.15, 0.2) is 42.5 Å². The third-order valence-electron chi connectivity index (χ3n) is 6.18. The second-order valence-electron chi connectivity index (χ2n) is 8.04. The topological polar surface area (TPSA) is 70.6 Å². The first-order chi connectivity index (χ1) is 13.1. The van der Waals surface area contributed by atoms with E-state index in [9.17, 15) is 9.90 Å². The first-order valence-electron chi connectivity index (χ1n) is 9.76. The molecule has 27 heavy (non-hydrogen) atoms. The van der Waals surface area contributed by atoms with Gasteiger partial charge in [-0.25, -0.2) is 4.79 Å². The summed E-state index contributed by atoms with van der Waals surface area (Å²) in [5, 5.41) is 16.1. The molecule has 2 aromatic carbocycles. The number of aliphatic hydroxyl groups is 1. The number of amides is 2. The van der Waals surface area contributed by atoms with Crippen molar-refractivity contribution in [2.75, 3.05) is 5.32 Å². The third kappa shape index (κ3) is 2.96. The van der Waals surface area contributed by atoms with Crippen molar-refractivity contribution in [2.45, 2.75) is 56.3 Å². The number of fused-ring (bicyclic) bond motifs is 2. The fourth-order valence-corrected chi connectivity index (χ4v) is 4.69. The first-order valence-corrected chi connectivity index (χ1v) is 9.76. The normalized spacial score (nSPS) is 24.3. The largest absolute Gasteiger partial charge is 0.487 e. The van der Waals surface area contributed by atoms with Gasteiger partial charge < -0.3 is 20.5 Å². The van der Waals surface area contributed by atoms with Crippen LogP contribution in [0.3, 0.4) is 0 Å². The van der Waals surface area contributed by atoms with Crippen LogP contribution in [-0.2, 0) is 12.8 Å². The summed E-state index contributed by atoms with van der Waals surface area (Å²) in [4.78, 5) is 12.8. The highest BCUT2D eigenvalue weighted by Gasteiger charge is 2.45. The SMILES string of the molecule is O=C(Nc1cccc2c1C[C@H](O)C2)N[C@@H]1CC2(CCC2)Oc2ccccc21. The van der Waals surface area contributed by atoms with Gasteiger partial charge in [-0.3, -0.25) is 0 Å². The lowest BCUT2D eigenvalue weighted by Gasteiger charge is -2.48.